The Hall–Kier alpha value is -1.52. The van der Waals surface area contributed by atoms with Gasteiger partial charge < -0.3 is 14.6 Å². The molecule has 16 heavy (non-hydrogen) atoms. The van der Waals surface area contributed by atoms with Gasteiger partial charge in [0.25, 0.3) is 0 Å². The molecule has 5 nitrogen and oxygen atoms in total. The molecule has 0 atom stereocenters. The molecule has 0 spiro atoms. The highest BCUT2D eigenvalue weighted by Crippen LogP contribution is 2.36. The summed E-state index contributed by atoms with van der Waals surface area (Å²) in [6.45, 7) is 3.57. The van der Waals surface area contributed by atoms with Crippen LogP contribution in [0.3, 0.4) is 0 Å². The minimum atomic E-state index is -0.814. The van der Waals surface area contributed by atoms with Gasteiger partial charge >= 0.3 is 11.9 Å². The molecule has 0 aromatic heterocycles. The molecule has 1 fully saturated rings. The number of hydrogen-bond acceptors (Lipinski definition) is 5. The third-order valence-electron chi connectivity index (χ3n) is 2.18. The van der Waals surface area contributed by atoms with E-state index in [9.17, 15) is 14.7 Å². The Labute approximate surface area is 94.0 Å². The summed E-state index contributed by atoms with van der Waals surface area (Å²) in [5.74, 6) is -1.92. The summed E-state index contributed by atoms with van der Waals surface area (Å²) in [7, 11) is 0. The summed E-state index contributed by atoms with van der Waals surface area (Å²) in [6, 6.07) is 0. The van der Waals surface area contributed by atoms with E-state index in [0.717, 1.165) is 12.8 Å². The largest absolute Gasteiger partial charge is 0.511 e. The Morgan fingerprint density at radius 3 is 1.88 bits per heavy atom. The molecule has 1 aliphatic carbocycles. The van der Waals surface area contributed by atoms with Gasteiger partial charge in [0.05, 0.1) is 13.2 Å². The second-order valence-corrected chi connectivity index (χ2v) is 3.48. The van der Waals surface area contributed by atoms with E-state index >= 15 is 0 Å². The molecule has 0 bridgehead atoms. The number of aliphatic hydroxyl groups is 1. The zero-order valence-electron chi connectivity index (χ0n) is 9.49. The SMILES string of the molecule is CCOC(=O)C(C(=O)OCC)=C(O)C1CC1. The van der Waals surface area contributed by atoms with Gasteiger partial charge in [-0.3, -0.25) is 0 Å². The van der Waals surface area contributed by atoms with Crippen molar-refractivity contribution in [1.82, 2.24) is 0 Å². The van der Waals surface area contributed by atoms with Crippen LogP contribution < -0.4 is 0 Å². The molecule has 1 rings (SSSR count). The van der Waals surface area contributed by atoms with E-state index in [0.29, 0.717) is 0 Å². The summed E-state index contributed by atoms with van der Waals surface area (Å²) < 4.78 is 9.43. The van der Waals surface area contributed by atoms with Crippen molar-refractivity contribution >= 4 is 11.9 Å². The Morgan fingerprint density at radius 1 is 1.12 bits per heavy atom. The van der Waals surface area contributed by atoms with Gasteiger partial charge in [-0.05, 0) is 26.7 Å². The summed E-state index contributed by atoms with van der Waals surface area (Å²) in [4.78, 5) is 23.0. The van der Waals surface area contributed by atoms with Crippen LogP contribution in [0.1, 0.15) is 26.7 Å². The van der Waals surface area contributed by atoms with Crippen LogP contribution in [0.5, 0.6) is 0 Å². The van der Waals surface area contributed by atoms with Crippen LogP contribution in [-0.4, -0.2) is 30.3 Å². The van der Waals surface area contributed by atoms with Crippen molar-refractivity contribution in [2.24, 2.45) is 5.92 Å². The highest BCUT2D eigenvalue weighted by atomic mass is 16.6. The highest BCUT2D eigenvalue weighted by molar-refractivity contribution is 6.14. The molecule has 0 aromatic carbocycles. The average molecular weight is 228 g/mol. The summed E-state index contributed by atoms with van der Waals surface area (Å²) >= 11 is 0. The molecular weight excluding hydrogens is 212 g/mol. The number of rotatable bonds is 5. The number of esters is 2. The fourth-order valence-corrected chi connectivity index (χ4v) is 1.26. The third kappa shape index (κ3) is 2.98. The lowest BCUT2D eigenvalue weighted by atomic mass is 10.1. The molecule has 0 aromatic rings. The number of hydrogen-bond donors (Lipinski definition) is 1. The Bertz CT molecular complexity index is 294. The van der Waals surface area contributed by atoms with Gasteiger partial charge in [-0.1, -0.05) is 0 Å². The fraction of sp³-hybridized carbons (Fsp3) is 0.636. The Kier molecular flexibility index (Phi) is 4.34. The topological polar surface area (TPSA) is 72.8 Å². The first-order valence-electron chi connectivity index (χ1n) is 5.39. The number of aliphatic hydroxyl groups excluding tert-OH is 1. The normalized spacial score (nSPS) is 14.1. The molecule has 90 valence electrons. The number of carbonyl (C=O) groups is 2. The van der Waals surface area contributed by atoms with Crippen LogP contribution >= 0.6 is 0 Å². The van der Waals surface area contributed by atoms with E-state index in [-0.39, 0.29) is 30.5 Å². The maximum Gasteiger partial charge on any atom is 0.349 e. The monoisotopic (exact) mass is 228 g/mol. The Morgan fingerprint density at radius 2 is 1.56 bits per heavy atom. The lowest BCUT2D eigenvalue weighted by Crippen LogP contribution is -2.21. The third-order valence-corrected chi connectivity index (χ3v) is 2.18. The van der Waals surface area contributed by atoms with Gasteiger partial charge in [0.2, 0.25) is 0 Å². The summed E-state index contributed by atoms with van der Waals surface area (Å²) in [5.41, 5.74) is -0.355. The molecule has 0 unspecified atom stereocenters. The van der Waals surface area contributed by atoms with E-state index in [1.165, 1.54) is 0 Å². The minimum absolute atomic E-state index is 0.0937. The minimum Gasteiger partial charge on any atom is -0.511 e. The van der Waals surface area contributed by atoms with Crippen molar-refractivity contribution in [1.29, 1.82) is 0 Å². The van der Waals surface area contributed by atoms with Gasteiger partial charge in [0.1, 0.15) is 5.76 Å². The lowest BCUT2D eigenvalue weighted by molar-refractivity contribution is -0.147. The van der Waals surface area contributed by atoms with E-state index in [4.69, 9.17) is 9.47 Å². The predicted octanol–water partition coefficient (Wildman–Crippen LogP) is 1.33. The van der Waals surface area contributed by atoms with Crippen LogP contribution in [0.4, 0.5) is 0 Å². The smallest absolute Gasteiger partial charge is 0.349 e. The first kappa shape index (κ1) is 12.5. The highest BCUT2D eigenvalue weighted by Gasteiger charge is 2.35. The second kappa shape index (κ2) is 5.53. The van der Waals surface area contributed by atoms with E-state index < -0.39 is 11.9 Å². The summed E-state index contributed by atoms with van der Waals surface area (Å²) in [5, 5.41) is 9.72. The quantitative estimate of drug-likeness (QED) is 0.253. The van der Waals surface area contributed by atoms with Gasteiger partial charge in [-0.15, -0.1) is 0 Å². The van der Waals surface area contributed by atoms with E-state index in [1.807, 2.05) is 0 Å². The predicted molar refractivity (Wildman–Crippen MR) is 55.6 cm³/mol. The molecule has 0 saturated heterocycles. The van der Waals surface area contributed by atoms with Gasteiger partial charge in [-0.25, -0.2) is 9.59 Å². The number of allylic oxidation sites excluding steroid dienone is 1. The summed E-state index contributed by atoms with van der Waals surface area (Å²) in [6.07, 6.45) is 1.57. The van der Waals surface area contributed by atoms with Crippen LogP contribution in [-0.2, 0) is 19.1 Å². The Balaban J connectivity index is 2.88. The molecule has 1 saturated carbocycles. The molecule has 0 aliphatic heterocycles. The first-order chi connectivity index (χ1) is 7.61. The van der Waals surface area contributed by atoms with Gasteiger partial charge in [0.15, 0.2) is 5.57 Å². The van der Waals surface area contributed by atoms with E-state index in [2.05, 4.69) is 0 Å². The van der Waals surface area contributed by atoms with Crippen molar-refractivity contribution < 1.29 is 24.2 Å². The second-order valence-electron chi connectivity index (χ2n) is 3.48. The van der Waals surface area contributed by atoms with Crippen molar-refractivity contribution in [3.05, 3.63) is 11.3 Å². The van der Waals surface area contributed by atoms with Crippen LogP contribution in [0.2, 0.25) is 0 Å². The van der Waals surface area contributed by atoms with E-state index in [1.54, 1.807) is 13.8 Å². The number of ether oxygens (including phenoxy) is 2. The molecule has 0 radical (unpaired) electrons. The number of carbonyl (C=O) groups excluding carboxylic acids is 2. The van der Waals surface area contributed by atoms with Gasteiger partial charge in [0, 0.05) is 5.92 Å². The van der Waals surface area contributed by atoms with Crippen molar-refractivity contribution in [2.75, 3.05) is 13.2 Å². The average Bonchev–Trinajstić information content (AvgIpc) is 3.01. The van der Waals surface area contributed by atoms with Crippen LogP contribution in [0.15, 0.2) is 11.3 Å². The van der Waals surface area contributed by atoms with Gasteiger partial charge in [-0.2, -0.15) is 0 Å². The molecule has 5 heteroatoms. The van der Waals surface area contributed by atoms with Crippen molar-refractivity contribution in [2.45, 2.75) is 26.7 Å². The maximum absolute atomic E-state index is 11.5. The zero-order chi connectivity index (χ0) is 12.1. The molecule has 1 N–H and O–H groups in total. The van der Waals surface area contributed by atoms with Crippen LogP contribution in [0.25, 0.3) is 0 Å². The maximum atomic E-state index is 11.5. The molecule has 0 amide bonds. The van der Waals surface area contributed by atoms with Crippen molar-refractivity contribution in [3.63, 3.8) is 0 Å². The zero-order valence-corrected chi connectivity index (χ0v) is 9.49. The standard InChI is InChI=1S/C11H16O5/c1-3-15-10(13)8(11(14)16-4-2)9(12)7-5-6-7/h7,12H,3-6H2,1-2H3. The molecular formula is C11H16O5. The van der Waals surface area contributed by atoms with Crippen LogP contribution in [0, 0.1) is 5.92 Å². The molecule has 0 heterocycles. The lowest BCUT2D eigenvalue weighted by Gasteiger charge is -2.08. The molecule has 1 aliphatic rings. The first-order valence-corrected chi connectivity index (χ1v) is 5.39. The fourth-order valence-electron chi connectivity index (χ4n) is 1.26. The van der Waals surface area contributed by atoms with Crippen molar-refractivity contribution in [3.8, 4) is 0 Å².